The second-order valence-corrected chi connectivity index (χ2v) is 13.8. The SMILES string of the molecule is CC=C(C=C[NH2+]C)[NH2+]c1ccc(N(CCCC)CCSSCCN(CCCC)c2ccc([NH2+]c3cc[n+](C)cc3)cc2)cc1. The molecule has 2 aromatic carbocycles. The van der Waals surface area contributed by atoms with E-state index in [2.05, 4.69) is 157 Å². The van der Waals surface area contributed by atoms with Crippen LogP contribution in [0.2, 0.25) is 0 Å². The fourth-order valence-electron chi connectivity index (χ4n) is 4.84. The minimum absolute atomic E-state index is 1.08. The van der Waals surface area contributed by atoms with Gasteiger partial charge in [-0.1, -0.05) is 48.3 Å². The molecular formula is C36H56N6S2+4. The Kier molecular flexibility index (Phi) is 17.1. The van der Waals surface area contributed by atoms with Gasteiger partial charge in [0.05, 0.1) is 31.5 Å². The van der Waals surface area contributed by atoms with E-state index in [0.29, 0.717) is 0 Å². The molecule has 0 saturated carbocycles. The van der Waals surface area contributed by atoms with Gasteiger partial charge in [-0.05, 0) is 50.1 Å². The summed E-state index contributed by atoms with van der Waals surface area (Å²) in [4.78, 5) is 5.12. The number of quaternary nitrogens is 3. The third-order valence-electron chi connectivity index (χ3n) is 7.54. The number of hydrogen-bond donors (Lipinski definition) is 3. The van der Waals surface area contributed by atoms with Gasteiger partial charge in [0, 0.05) is 73.3 Å². The summed E-state index contributed by atoms with van der Waals surface area (Å²) in [5.41, 5.74) is 7.60. The van der Waals surface area contributed by atoms with Gasteiger partial charge in [0.25, 0.3) is 0 Å². The first-order chi connectivity index (χ1) is 21.6. The van der Waals surface area contributed by atoms with Crippen LogP contribution in [-0.4, -0.2) is 44.7 Å². The van der Waals surface area contributed by atoms with E-state index in [1.54, 1.807) is 0 Å². The maximum Gasteiger partial charge on any atom is 0.174 e. The number of aromatic nitrogens is 1. The van der Waals surface area contributed by atoms with Gasteiger partial charge in [0.15, 0.2) is 12.4 Å². The molecule has 0 bridgehead atoms. The van der Waals surface area contributed by atoms with E-state index in [4.69, 9.17) is 0 Å². The Morgan fingerprint density at radius 2 is 1.23 bits per heavy atom. The Morgan fingerprint density at radius 1 is 0.727 bits per heavy atom. The van der Waals surface area contributed by atoms with Gasteiger partial charge in [-0.15, -0.1) is 0 Å². The number of aryl methyl sites for hydroxylation is 1. The Balaban J connectivity index is 1.47. The summed E-state index contributed by atoms with van der Waals surface area (Å²) in [5, 5.41) is 6.55. The molecule has 6 N–H and O–H groups in total. The number of benzene rings is 2. The quantitative estimate of drug-likeness (QED) is 0.0499. The summed E-state index contributed by atoms with van der Waals surface area (Å²) in [5.74, 6) is 2.25. The molecule has 238 valence electrons. The summed E-state index contributed by atoms with van der Waals surface area (Å²) in [6.07, 6.45) is 15.5. The largest absolute Gasteiger partial charge is 0.371 e. The van der Waals surface area contributed by atoms with Crippen LogP contribution < -0.4 is 30.3 Å². The lowest BCUT2D eigenvalue weighted by atomic mass is 10.2. The standard InChI is InChI=1S/C36H52N6S2/c1-6-9-23-41(35-15-11-32(12-16-35)38-31(8-3)19-22-37-4)27-29-43-44-30-28-42(24-10-7-2)36-17-13-33(14-18-36)39-34-20-25-40(5)26-21-34/h8,11-22,25-26,37-38H,6-7,9-10,23-24,27-30H2,1-5H3/p+4. The zero-order valence-corrected chi connectivity index (χ0v) is 29.3. The van der Waals surface area contributed by atoms with E-state index in [1.165, 1.54) is 59.8 Å². The van der Waals surface area contributed by atoms with E-state index in [0.717, 1.165) is 37.7 Å². The van der Waals surface area contributed by atoms with Crippen molar-refractivity contribution in [3.63, 3.8) is 0 Å². The van der Waals surface area contributed by atoms with Gasteiger partial charge < -0.3 is 15.1 Å². The smallest absolute Gasteiger partial charge is 0.174 e. The highest BCUT2D eigenvalue weighted by molar-refractivity contribution is 8.76. The van der Waals surface area contributed by atoms with Gasteiger partial charge in [0.2, 0.25) is 0 Å². The molecule has 0 aliphatic rings. The molecule has 0 radical (unpaired) electrons. The van der Waals surface area contributed by atoms with Gasteiger partial charge >= 0.3 is 0 Å². The molecule has 8 heteroatoms. The molecule has 44 heavy (non-hydrogen) atoms. The van der Waals surface area contributed by atoms with E-state index < -0.39 is 0 Å². The fraction of sp³-hybridized carbons (Fsp3) is 0.417. The van der Waals surface area contributed by atoms with Crippen molar-refractivity contribution in [3.05, 3.63) is 97.1 Å². The zero-order valence-electron chi connectivity index (χ0n) is 27.6. The molecular weight excluding hydrogens is 581 g/mol. The molecule has 0 fully saturated rings. The normalized spacial score (nSPS) is 11.8. The third-order valence-corrected chi connectivity index (χ3v) is 9.90. The molecule has 0 spiro atoms. The number of pyridine rings is 1. The first-order valence-corrected chi connectivity index (χ1v) is 18.8. The van der Waals surface area contributed by atoms with Crippen molar-refractivity contribution in [3.8, 4) is 0 Å². The van der Waals surface area contributed by atoms with Crippen LogP contribution in [0.15, 0.2) is 97.1 Å². The average Bonchev–Trinajstić information content (AvgIpc) is 3.05. The monoisotopic (exact) mass is 636 g/mol. The number of nitrogens with zero attached hydrogens (tertiary/aromatic N) is 3. The predicted octanol–water partition coefficient (Wildman–Crippen LogP) is 5.14. The van der Waals surface area contributed by atoms with Crippen molar-refractivity contribution < 1.29 is 20.5 Å². The van der Waals surface area contributed by atoms with Crippen LogP contribution in [0.1, 0.15) is 46.5 Å². The molecule has 0 amide bonds. The number of rotatable bonds is 21. The van der Waals surface area contributed by atoms with Crippen molar-refractivity contribution in [2.24, 2.45) is 7.05 Å². The number of anilines is 2. The first kappa shape index (κ1) is 35.7. The highest BCUT2D eigenvalue weighted by Gasteiger charge is 2.11. The first-order valence-electron chi connectivity index (χ1n) is 16.3. The summed E-state index contributed by atoms with van der Waals surface area (Å²) in [6, 6.07) is 22.5. The summed E-state index contributed by atoms with van der Waals surface area (Å²) >= 11 is 0. The number of nitrogens with two attached hydrogens (primary N) is 3. The van der Waals surface area contributed by atoms with Crippen molar-refractivity contribution in [1.82, 2.24) is 0 Å². The highest BCUT2D eigenvalue weighted by Crippen LogP contribution is 2.25. The van der Waals surface area contributed by atoms with Crippen LogP contribution >= 0.6 is 21.6 Å². The molecule has 0 unspecified atom stereocenters. The third kappa shape index (κ3) is 13.1. The van der Waals surface area contributed by atoms with E-state index in [-0.39, 0.29) is 0 Å². The van der Waals surface area contributed by atoms with Crippen molar-refractivity contribution in [2.75, 3.05) is 54.5 Å². The predicted molar refractivity (Wildman–Crippen MR) is 193 cm³/mol. The lowest BCUT2D eigenvalue weighted by Crippen LogP contribution is -2.76. The van der Waals surface area contributed by atoms with Gasteiger partial charge in [0.1, 0.15) is 29.8 Å². The van der Waals surface area contributed by atoms with Crippen LogP contribution in [0.25, 0.3) is 0 Å². The van der Waals surface area contributed by atoms with Crippen LogP contribution in [0.5, 0.6) is 0 Å². The van der Waals surface area contributed by atoms with Crippen LogP contribution in [0, 0.1) is 0 Å². The molecule has 3 aromatic rings. The molecule has 0 saturated heterocycles. The van der Waals surface area contributed by atoms with Crippen molar-refractivity contribution >= 4 is 50.0 Å². The maximum absolute atomic E-state index is 2.56. The number of hydrogen-bond acceptors (Lipinski definition) is 4. The van der Waals surface area contributed by atoms with Crippen molar-refractivity contribution in [2.45, 2.75) is 46.5 Å². The molecule has 6 nitrogen and oxygen atoms in total. The summed E-state index contributed by atoms with van der Waals surface area (Å²) in [7, 11) is 8.13. The zero-order chi connectivity index (χ0) is 31.4. The average molecular weight is 637 g/mol. The van der Waals surface area contributed by atoms with Crippen LogP contribution in [-0.2, 0) is 7.05 Å². The Hall–Kier alpha value is -2.75. The van der Waals surface area contributed by atoms with Crippen LogP contribution in [0.4, 0.5) is 28.4 Å². The molecule has 1 aromatic heterocycles. The lowest BCUT2D eigenvalue weighted by Gasteiger charge is -2.25. The van der Waals surface area contributed by atoms with Gasteiger partial charge in [-0.25, -0.2) is 4.57 Å². The second-order valence-electron chi connectivity index (χ2n) is 11.1. The minimum atomic E-state index is 1.08. The summed E-state index contributed by atoms with van der Waals surface area (Å²) < 4.78 is 2.06. The molecule has 1 heterocycles. The Bertz CT molecular complexity index is 1240. The minimum Gasteiger partial charge on any atom is -0.371 e. The summed E-state index contributed by atoms with van der Waals surface area (Å²) in [6.45, 7) is 11.0. The maximum atomic E-state index is 2.56. The van der Waals surface area contributed by atoms with Gasteiger partial charge in [-0.2, -0.15) is 0 Å². The van der Waals surface area contributed by atoms with Crippen LogP contribution in [0.3, 0.4) is 0 Å². The molecule has 0 aliphatic carbocycles. The van der Waals surface area contributed by atoms with E-state index in [9.17, 15) is 0 Å². The number of unbranched alkanes of at least 4 members (excludes halogenated alkanes) is 2. The Morgan fingerprint density at radius 3 is 1.70 bits per heavy atom. The second kappa shape index (κ2) is 21.1. The van der Waals surface area contributed by atoms with E-state index >= 15 is 0 Å². The highest BCUT2D eigenvalue weighted by atomic mass is 33.1. The molecule has 3 rings (SSSR count). The number of allylic oxidation sites excluding steroid dienone is 2. The lowest BCUT2D eigenvalue weighted by molar-refractivity contribution is -0.672. The Labute approximate surface area is 274 Å². The molecule has 0 aliphatic heterocycles. The van der Waals surface area contributed by atoms with Crippen molar-refractivity contribution in [1.29, 1.82) is 0 Å². The topological polar surface area (TPSA) is 60.2 Å². The fourth-order valence-corrected chi connectivity index (χ4v) is 6.82. The van der Waals surface area contributed by atoms with Gasteiger partial charge in [-0.3, -0.25) is 10.6 Å². The van der Waals surface area contributed by atoms with E-state index in [1.807, 2.05) is 21.6 Å². The molecule has 0 atom stereocenters.